The molecule has 0 aliphatic heterocycles. The van der Waals surface area contributed by atoms with Gasteiger partial charge in [-0.1, -0.05) is 19.1 Å². The van der Waals surface area contributed by atoms with Crippen LogP contribution in [0.5, 0.6) is 5.75 Å². The first-order chi connectivity index (χ1) is 10.5. The van der Waals surface area contributed by atoms with E-state index in [1.54, 1.807) is 18.2 Å². The highest BCUT2D eigenvalue weighted by Crippen LogP contribution is 2.34. The van der Waals surface area contributed by atoms with Crippen molar-refractivity contribution in [3.8, 4) is 16.9 Å². The molecular formula is C16H15NO5. The van der Waals surface area contributed by atoms with Crippen LogP contribution in [-0.2, 0) is 0 Å². The third-order valence-corrected chi connectivity index (χ3v) is 3.06. The van der Waals surface area contributed by atoms with Gasteiger partial charge < -0.3 is 9.84 Å². The van der Waals surface area contributed by atoms with Crippen LogP contribution >= 0.6 is 0 Å². The van der Waals surface area contributed by atoms with Crippen molar-refractivity contribution in [3.63, 3.8) is 0 Å². The Bertz CT molecular complexity index is 711. The van der Waals surface area contributed by atoms with Crippen LogP contribution < -0.4 is 4.74 Å². The molecule has 0 saturated heterocycles. The number of ether oxygens (including phenoxy) is 1. The van der Waals surface area contributed by atoms with Crippen LogP contribution in [0.3, 0.4) is 0 Å². The number of non-ortho nitro benzene ring substituents is 1. The molecule has 0 fully saturated rings. The molecule has 6 nitrogen and oxygen atoms in total. The Morgan fingerprint density at radius 1 is 1.27 bits per heavy atom. The molecule has 0 amide bonds. The highest BCUT2D eigenvalue weighted by atomic mass is 16.6. The van der Waals surface area contributed by atoms with E-state index >= 15 is 0 Å². The van der Waals surface area contributed by atoms with Crippen LogP contribution in [0.1, 0.15) is 23.7 Å². The second-order valence-corrected chi connectivity index (χ2v) is 4.67. The molecule has 0 aromatic heterocycles. The van der Waals surface area contributed by atoms with E-state index in [1.807, 2.05) is 6.92 Å². The number of benzene rings is 2. The van der Waals surface area contributed by atoms with Gasteiger partial charge in [0, 0.05) is 11.6 Å². The normalized spacial score (nSPS) is 10.2. The zero-order valence-electron chi connectivity index (χ0n) is 12.0. The van der Waals surface area contributed by atoms with Gasteiger partial charge in [0.2, 0.25) is 0 Å². The lowest BCUT2D eigenvalue weighted by molar-refractivity contribution is -0.384. The molecular weight excluding hydrogens is 286 g/mol. The molecule has 0 unspecified atom stereocenters. The lowest BCUT2D eigenvalue weighted by Crippen LogP contribution is -2.00. The Morgan fingerprint density at radius 2 is 2.05 bits per heavy atom. The fraction of sp³-hybridized carbons (Fsp3) is 0.188. The van der Waals surface area contributed by atoms with Gasteiger partial charge >= 0.3 is 5.97 Å². The molecule has 0 atom stereocenters. The van der Waals surface area contributed by atoms with Gasteiger partial charge in [0.1, 0.15) is 5.75 Å². The summed E-state index contributed by atoms with van der Waals surface area (Å²) in [5.41, 5.74) is 1.35. The smallest absolute Gasteiger partial charge is 0.335 e. The number of rotatable bonds is 6. The van der Waals surface area contributed by atoms with Crippen molar-refractivity contribution >= 4 is 11.7 Å². The molecule has 6 heteroatoms. The maximum Gasteiger partial charge on any atom is 0.335 e. The first-order valence-corrected chi connectivity index (χ1v) is 6.78. The molecule has 114 valence electrons. The second kappa shape index (κ2) is 6.71. The lowest BCUT2D eigenvalue weighted by atomic mass is 10.0. The second-order valence-electron chi connectivity index (χ2n) is 4.67. The number of nitro benzene ring substituents is 1. The van der Waals surface area contributed by atoms with Gasteiger partial charge in [-0.05, 0) is 30.2 Å². The van der Waals surface area contributed by atoms with Gasteiger partial charge in [-0.2, -0.15) is 0 Å². The monoisotopic (exact) mass is 301 g/mol. The summed E-state index contributed by atoms with van der Waals surface area (Å²) in [6, 6.07) is 10.7. The standard InChI is InChI=1S/C16H15NO5/c1-2-8-22-15-10-13(17(20)21)6-7-14(15)11-4-3-5-12(9-11)16(18)19/h3-7,9-10H,2,8H2,1H3,(H,18,19). The zero-order valence-corrected chi connectivity index (χ0v) is 12.0. The van der Waals surface area contributed by atoms with E-state index in [2.05, 4.69) is 0 Å². The van der Waals surface area contributed by atoms with Gasteiger partial charge in [0.15, 0.2) is 0 Å². The number of hydrogen-bond donors (Lipinski definition) is 1. The number of hydrogen-bond acceptors (Lipinski definition) is 4. The van der Waals surface area contributed by atoms with E-state index in [0.717, 1.165) is 6.42 Å². The summed E-state index contributed by atoms with van der Waals surface area (Å²) in [7, 11) is 0. The van der Waals surface area contributed by atoms with Crippen LogP contribution in [0.15, 0.2) is 42.5 Å². The van der Waals surface area contributed by atoms with Crippen molar-refractivity contribution in [1.82, 2.24) is 0 Å². The molecule has 0 bridgehead atoms. The summed E-state index contributed by atoms with van der Waals surface area (Å²) >= 11 is 0. The van der Waals surface area contributed by atoms with Crippen LogP contribution in [-0.4, -0.2) is 22.6 Å². The summed E-state index contributed by atoms with van der Waals surface area (Å²) in [4.78, 5) is 21.5. The third kappa shape index (κ3) is 3.41. The van der Waals surface area contributed by atoms with Crippen molar-refractivity contribution in [2.24, 2.45) is 0 Å². The van der Waals surface area contributed by atoms with Crippen molar-refractivity contribution < 1.29 is 19.6 Å². The molecule has 0 saturated carbocycles. The molecule has 0 radical (unpaired) electrons. The quantitative estimate of drug-likeness (QED) is 0.648. The molecule has 2 rings (SSSR count). The van der Waals surface area contributed by atoms with E-state index in [0.29, 0.717) is 23.5 Å². The predicted molar refractivity (Wildman–Crippen MR) is 81.3 cm³/mol. The number of aromatic carboxylic acids is 1. The summed E-state index contributed by atoms with van der Waals surface area (Å²) in [5, 5.41) is 20.0. The highest BCUT2D eigenvalue weighted by Gasteiger charge is 2.14. The zero-order chi connectivity index (χ0) is 16.1. The Balaban J connectivity index is 2.50. The summed E-state index contributed by atoms with van der Waals surface area (Å²) in [6.07, 6.45) is 0.761. The Hall–Kier alpha value is -2.89. The van der Waals surface area contributed by atoms with Crippen LogP contribution in [0.4, 0.5) is 5.69 Å². The number of nitrogens with zero attached hydrogens (tertiary/aromatic N) is 1. The minimum atomic E-state index is -1.03. The fourth-order valence-electron chi connectivity index (χ4n) is 2.01. The first-order valence-electron chi connectivity index (χ1n) is 6.78. The molecule has 0 heterocycles. The SMILES string of the molecule is CCCOc1cc([N+](=O)[O-])ccc1-c1cccc(C(=O)O)c1. The molecule has 0 aliphatic carbocycles. The minimum Gasteiger partial charge on any atom is -0.493 e. The van der Waals surface area contributed by atoms with Gasteiger partial charge in [-0.3, -0.25) is 10.1 Å². The number of carboxylic acid groups (broad SMARTS) is 1. The average molecular weight is 301 g/mol. The Labute approximate surface area is 127 Å². The first kappa shape index (κ1) is 15.5. The van der Waals surface area contributed by atoms with E-state index in [-0.39, 0.29) is 11.3 Å². The van der Waals surface area contributed by atoms with E-state index in [9.17, 15) is 14.9 Å². The maximum atomic E-state index is 11.1. The van der Waals surface area contributed by atoms with Crippen molar-refractivity contribution in [3.05, 3.63) is 58.1 Å². The van der Waals surface area contributed by atoms with E-state index < -0.39 is 10.9 Å². The van der Waals surface area contributed by atoms with Crippen molar-refractivity contribution in [1.29, 1.82) is 0 Å². The lowest BCUT2D eigenvalue weighted by Gasteiger charge is -2.11. The fourth-order valence-corrected chi connectivity index (χ4v) is 2.01. The van der Waals surface area contributed by atoms with Crippen LogP contribution in [0.2, 0.25) is 0 Å². The topological polar surface area (TPSA) is 89.7 Å². The van der Waals surface area contributed by atoms with Crippen LogP contribution in [0.25, 0.3) is 11.1 Å². The summed E-state index contributed by atoms with van der Waals surface area (Å²) < 4.78 is 5.58. The number of nitro groups is 1. The van der Waals surface area contributed by atoms with Crippen LogP contribution in [0, 0.1) is 10.1 Å². The van der Waals surface area contributed by atoms with E-state index in [4.69, 9.17) is 9.84 Å². The largest absolute Gasteiger partial charge is 0.493 e. The molecule has 1 N–H and O–H groups in total. The Kier molecular flexibility index (Phi) is 4.73. The van der Waals surface area contributed by atoms with Gasteiger partial charge in [-0.25, -0.2) is 4.79 Å². The average Bonchev–Trinajstić information content (AvgIpc) is 2.52. The Morgan fingerprint density at radius 3 is 2.68 bits per heavy atom. The number of carbonyl (C=O) groups is 1. The molecule has 2 aromatic carbocycles. The molecule has 22 heavy (non-hydrogen) atoms. The van der Waals surface area contributed by atoms with E-state index in [1.165, 1.54) is 24.3 Å². The van der Waals surface area contributed by atoms with Gasteiger partial charge in [0.05, 0.1) is 23.2 Å². The number of carboxylic acids is 1. The summed E-state index contributed by atoms with van der Waals surface area (Å²) in [5.74, 6) is -0.654. The van der Waals surface area contributed by atoms with Crippen molar-refractivity contribution in [2.45, 2.75) is 13.3 Å². The molecule has 2 aromatic rings. The third-order valence-electron chi connectivity index (χ3n) is 3.06. The highest BCUT2D eigenvalue weighted by molar-refractivity contribution is 5.89. The minimum absolute atomic E-state index is 0.0655. The predicted octanol–water partition coefficient (Wildman–Crippen LogP) is 3.75. The molecule has 0 aliphatic rings. The maximum absolute atomic E-state index is 11.1. The molecule has 0 spiro atoms. The van der Waals surface area contributed by atoms with Gasteiger partial charge in [-0.15, -0.1) is 0 Å². The van der Waals surface area contributed by atoms with Gasteiger partial charge in [0.25, 0.3) is 5.69 Å². The summed E-state index contributed by atoms with van der Waals surface area (Å²) in [6.45, 7) is 2.36. The van der Waals surface area contributed by atoms with Crippen molar-refractivity contribution in [2.75, 3.05) is 6.61 Å².